The van der Waals surface area contributed by atoms with Crippen LogP contribution in [0.25, 0.3) is 5.65 Å². The van der Waals surface area contributed by atoms with Crippen molar-refractivity contribution in [3.63, 3.8) is 0 Å². The minimum atomic E-state index is -0.100. The lowest BCUT2D eigenvalue weighted by atomic mass is 10.2. The van der Waals surface area contributed by atoms with E-state index in [1.54, 1.807) is 0 Å². The van der Waals surface area contributed by atoms with Crippen molar-refractivity contribution in [2.24, 2.45) is 0 Å². The lowest BCUT2D eigenvalue weighted by Crippen LogP contribution is -2.12. The van der Waals surface area contributed by atoms with E-state index >= 15 is 0 Å². The first-order chi connectivity index (χ1) is 12.3. The average Bonchev–Trinajstić information content (AvgIpc) is 3.30. The van der Waals surface area contributed by atoms with Crippen molar-refractivity contribution in [2.45, 2.75) is 6.54 Å². The molecule has 5 nitrogen and oxygen atoms in total. The van der Waals surface area contributed by atoms with Gasteiger partial charge in [0.25, 0.3) is 5.91 Å². The molecule has 1 aromatic carbocycles. The summed E-state index contributed by atoms with van der Waals surface area (Å²) in [5, 5.41) is 8.20. The van der Waals surface area contributed by atoms with Gasteiger partial charge in [-0.1, -0.05) is 24.3 Å². The lowest BCUT2D eigenvalue weighted by Gasteiger charge is -2.11. The number of nitrogens with zero attached hydrogens (tertiary/aromatic N) is 2. The van der Waals surface area contributed by atoms with E-state index in [9.17, 15) is 4.79 Å². The van der Waals surface area contributed by atoms with Crippen LogP contribution in [-0.4, -0.2) is 15.3 Å². The molecule has 0 aliphatic rings. The Morgan fingerprint density at radius 2 is 1.88 bits per heavy atom. The van der Waals surface area contributed by atoms with Crippen LogP contribution in [0.4, 0.5) is 11.4 Å². The number of carbonyl (C=O) groups excluding carboxylic acids is 1. The normalized spacial score (nSPS) is 10.7. The van der Waals surface area contributed by atoms with E-state index in [-0.39, 0.29) is 5.91 Å². The number of hydrogen-bond acceptors (Lipinski definition) is 4. The highest BCUT2D eigenvalue weighted by Crippen LogP contribution is 2.23. The molecule has 3 aromatic heterocycles. The van der Waals surface area contributed by atoms with Crippen LogP contribution < -0.4 is 10.6 Å². The molecular formula is C19H16N4OS. The number of para-hydroxylation sites is 2. The third-order valence-electron chi connectivity index (χ3n) is 3.79. The Morgan fingerprint density at radius 1 is 1.04 bits per heavy atom. The molecule has 0 atom stereocenters. The van der Waals surface area contributed by atoms with Crippen molar-refractivity contribution in [3.8, 4) is 0 Å². The van der Waals surface area contributed by atoms with Crippen molar-refractivity contribution in [1.29, 1.82) is 0 Å². The number of thiophene rings is 1. The minimum Gasteiger partial charge on any atom is -0.378 e. The van der Waals surface area contributed by atoms with Gasteiger partial charge < -0.3 is 15.0 Å². The zero-order valence-electron chi connectivity index (χ0n) is 13.3. The van der Waals surface area contributed by atoms with Crippen molar-refractivity contribution in [2.75, 3.05) is 10.6 Å². The van der Waals surface area contributed by atoms with Crippen molar-refractivity contribution >= 4 is 34.3 Å². The molecule has 0 aliphatic heterocycles. The van der Waals surface area contributed by atoms with Gasteiger partial charge in [0.05, 0.1) is 28.5 Å². The maximum Gasteiger partial charge on any atom is 0.265 e. The number of anilines is 2. The summed E-state index contributed by atoms with van der Waals surface area (Å²) in [5.41, 5.74) is 3.47. The monoisotopic (exact) mass is 348 g/mol. The molecule has 0 saturated carbocycles. The number of rotatable bonds is 5. The first-order valence-electron chi connectivity index (χ1n) is 7.90. The molecule has 1 amide bonds. The molecule has 124 valence electrons. The fourth-order valence-corrected chi connectivity index (χ4v) is 3.22. The second-order valence-electron chi connectivity index (χ2n) is 5.53. The molecule has 2 N–H and O–H groups in total. The van der Waals surface area contributed by atoms with E-state index in [1.165, 1.54) is 11.3 Å². The molecule has 6 heteroatoms. The standard InChI is InChI=1S/C19H16N4OS/c24-19(17-8-5-11-25-17)22-16-7-2-1-6-15(16)20-12-14-13-23-10-4-3-9-18(23)21-14/h1-11,13,20H,12H2,(H,22,24). The predicted molar refractivity (Wildman–Crippen MR) is 101 cm³/mol. The Kier molecular flexibility index (Phi) is 4.18. The first kappa shape index (κ1) is 15.4. The molecular weight excluding hydrogens is 332 g/mol. The molecule has 0 bridgehead atoms. The largest absolute Gasteiger partial charge is 0.378 e. The number of pyridine rings is 1. The number of carbonyl (C=O) groups is 1. The second kappa shape index (κ2) is 6.78. The van der Waals surface area contributed by atoms with Gasteiger partial charge in [-0.25, -0.2) is 4.98 Å². The van der Waals surface area contributed by atoms with E-state index < -0.39 is 0 Å². The van der Waals surface area contributed by atoms with E-state index in [1.807, 2.05) is 76.8 Å². The number of fused-ring (bicyclic) bond motifs is 1. The number of amides is 1. The van der Waals surface area contributed by atoms with Crippen LogP contribution in [0.1, 0.15) is 15.4 Å². The average molecular weight is 348 g/mol. The highest BCUT2D eigenvalue weighted by molar-refractivity contribution is 7.12. The lowest BCUT2D eigenvalue weighted by molar-refractivity contribution is 0.103. The Balaban J connectivity index is 1.49. The molecule has 0 unspecified atom stereocenters. The Bertz CT molecular complexity index is 974. The summed E-state index contributed by atoms with van der Waals surface area (Å²) in [6.45, 7) is 0.577. The predicted octanol–water partition coefficient (Wildman–Crippen LogP) is 4.26. The number of hydrogen-bond donors (Lipinski definition) is 2. The second-order valence-corrected chi connectivity index (χ2v) is 6.48. The third kappa shape index (κ3) is 3.39. The van der Waals surface area contributed by atoms with Crippen LogP contribution in [0, 0.1) is 0 Å². The van der Waals surface area contributed by atoms with Crippen LogP contribution in [0.5, 0.6) is 0 Å². The molecule has 3 heterocycles. The maximum absolute atomic E-state index is 12.3. The Labute approximate surface area is 149 Å². The van der Waals surface area contributed by atoms with Gasteiger partial charge in [0.1, 0.15) is 5.65 Å². The van der Waals surface area contributed by atoms with Crippen LogP contribution in [0.3, 0.4) is 0 Å². The number of nitrogens with one attached hydrogen (secondary N) is 2. The third-order valence-corrected chi connectivity index (χ3v) is 4.66. The van der Waals surface area contributed by atoms with Crippen molar-refractivity contribution < 1.29 is 4.79 Å². The van der Waals surface area contributed by atoms with Gasteiger partial charge in [0.2, 0.25) is 0 Å². The van der Waals surface area contributed by atoms with Gasteiger partial charge in [0, 0.05) is 12.4 Å². The molecule has 4 rings (SSSR count). The van der Waals surface area contributed by atoms with Crippen molar-refractivity contribution in [3.05, 3.63) is 82.9 Å². The summed E-state index contributed by atoms with van der Waals surface area (Å²) < 4.78 is 1.99. The zero-order valence-corrected chi connectivity index (χ0v) is 14.2. The van der Waals surface area contributed by atoms with Crippen LogP contribution in [-0.2, 0) is 6.54 Å². The van der Waals surface area contributed by atoms with Gasteiger partial charge in [-0.05, 0) is 35.7 Å². The van der Waals surface area contributed by atoms with E-state index in [0.717, 1.165) is 22.7 Å². The number of benzene rings is 1. The van der Waals surface area contributed by atoms with Gasteiger partial charge in [-0.15, -0.1) is 11.3 Å². The summed E-state index contributed by atoms with van der Waals surface area (Å²) in [6, 6.07) is 17.3. The molecule has 0 spiro atoms. The molecule has 4 aromatic rings. The highest BCUT2D eigenvalue weighted by atomic mass is 32.1. The van der Waals surface area contributed by atoms with E-state index in [0.29, 0.717) is 11.4 Å². The van der Waals surface area contributed by atoms with Crippen LogP contribution in [0.15, 0.2) is 72.4 Å². The molecule has 25 heavy (non-hydrogen) atoms. The van der Waals surface area contributed by atoms with Crippen LogP contribution in [0.2, 0.25) is 0 Å². The molecule has 0 fully saturated rings. The number of aromatic nitrogens is 2. The Morgan fingerprint density at radius 3 is 2.68 bits per heavy atom. The fourth-order valence-electron chi connectivity index (χ4n) is 2.60. The fraction of sp³-hybridized carbons (Fsp3) is 0.0526. The maximum atomic E-state index is 12.3. The number of imidazole rings is 1. The summed E-state index contributed by atoms with van der Waals surface area (Å²) in [6.07, 6.45) is 3.97. The zero-order chi connectivity index (χ0) is 17.1. The van der Waals surface area contributed by atoms with Gasteiger partial charge >= 0.3 is 0 Å². The summed E-state index contributed by atoms with van der Waals surface area (Å²) in [4.78, 5) is 17.5. The van der Waals surface area contributed by atoms with E-state index in [4.69, 9.17) is 0 Å². The Hall–Kier alpha value is -3.12. The minimum absolute atomic E-state index is 0.100. The van der Waals surface area contributed by atoms with Crippen molar-refractivity contribution in [1.82, 2.24) is 9.38 Å². The smallest absolute Gasteiger partial charge is 0.265 e. The first-order valence-corrected chi connectivity index (χ1v) is 8.78. The molecule has 0 saturated heterocycles. The quantitative estimate of drug-likeness (QED) is 0.566. The van der Waals surface area contributed by atoms with Gasteiger partial charge in [0.15, 0.2) is 0 Å². The molecule has 0 radical (unpaired) electrons. The SMILES string of the molecule is O=C(Nc1ccccc1NCc1cn2ccccc2n1)c1cccs1. The summed E-state index contributed by atoms with van der Waals surface area (Å²) in [5.74, 6) is -0.100. The molecule has 0 aliphatic carbocycles. The van der Waals surface area contributed by atoms with E-state index in [2.05, 4.69) is 15.6 Å². The summed E-state index contributed by atoms with van der Waals surface area (Å²) in [7, 11) is 0. The van der Waals surface area contributed by atoms with Gasteiger partial charge in [-0.3, -0.25) is 4.79 Å². The summed E-state index contributed by atoms with van der Waals surface area (Å²) >= 11 is 1.42. The highest BCUT2D eigenvalue weighted by Gasteiger charge is 2.10. The topological polar surface area (TPSA) is 58.4 Å². The van der Waals surface area contributed by atoms with Crippen LogP contribution >= 0.6 is 11.3 Å². The van der Waals surface area contributed by atoms with Gasteiger partial charge in [-0.2, -0.15) is 0 Å².